The largest absolute Gasteiger partial charge is 0.399 e. The summed E-state index contributed by atoms with van der Waals surface area (Å²) >= 11 is 5.76. The number of hydrogen-bond donors (Lipinski definition) is 0. The maximum absolute atomic E-state index is 12.1. The third-order valence-corrected chi connectivity index (χ3v) is 2.34. The smallest absolute Gasteiger partial charge is 0.176 e. The molecule has 0 spiro atoms. The first-order valence-electron chi connectivity index (χ1n) is 5.12. The number of hydrogen-bond acceptors (Lipinski definition) is 5. The molecule has 1 aromatic rings. The lowest BCUT2D eigenvalue weighted by Gasteiger charge is -2.05. The van der Waals surface area contributed by atoms with Crippen molar-refractivity contribution in [3.63, 3.8) is 0 Å². The lowest BCUT2D eigenvalue weighted by molar-refractivity contribution is 0.0978. The van der Waals surface area contributed by atoms with Crippen LogP contribution in [0.3, 0.4) is 0 Å². The molecule has 0 heterocycles. The SMILES string of the molecule is CON=CC(/C=N\OC)C(=O)c1ccc(Cl)cc1. The molecule has 0 bridgehead atoms. The summed E-state index contributed by atoms with van der Waals surface area (Å²) in [6.07, 6.45) is 2.69. The van der Waals surface area contributed by atoms with Crippen molar-refractivity contribution in [2.45, 2.75) is 0 Å². The first-order chi connectivity index (χ1) is 8.69. The van der Waals surface area contributed by atoms with Gasteiger partial charge < -0.3 is 9.68 Å². The summed E-state index contributed by atoms with van der Waals surface area (Å²) in [4.78, 5) is 21.2. The van der Waals surface area contributed by atoms with Crippen LogP contribution in [-0.4, -0.2) is 32.4 Å². The van der Waals surface area contributed by atoms with Gasteiger partial charge >= 0.3 is 0 Å². The van der Waals surface area contributed by atoms with E-state index in [0.29, 0.717) is 10.6 Å². The second-order valence-corrected chi connectivity index (χ2v) is 3.71. The van der Waals surface area contributed by atoms with Gasteiger partial charge in [-0.1, -0.05) is 21.9 Å². The predicted molar refractivity (Wildman–Crippen MR) is 70.3 cm³/mol. The van der Waals surface area contributed by atoms with Gasteiger partial charge in [-0.15, -0.1) is 0 Å². The molecule has 0 aliphatic carbocycles. The van der Waals surface area contributed by atoms with Crippen molar-refractivity contribution < 1.29 is 14.5 Å². The molecule has 0 radical (unpaired) electrons. The monoisotopic (exact) mass is 268 g/mol. The minimum atomic E-state index is -0.647. The van der Waals surface area contributed by atoms with E-state index in [1.54, 1.807) is 24.3 Å². The summed E-state index contributed by atoms with van der Waals surface area (Å²) in [6, 6.07) is 6.57. The molecule has 0 saturated heterocycles. The maximum Gasteiger partial charge on any atom is 0.176 e. The summed E-state index contributed by atoms with van der Waals surface area (Å²) in [6.45, 7) is 0. The minimum Gasteiger partial charge on any atom is -0.399 e. The van der Waals surface area contributed by atoms with E-state index >= 15 is 0 Å². The van der Waals surface area contributed by atoms with Crippen LogP contribution in [0.5, 0.6) is 0 Å². The van der Waals surface area contributed by atoms with Crippen LogP contribution in [0.15, 0.2) is 34.6 Å². The number of Topliss-reactive ketones (excluding diaryl/α,β-unsaturated/α-hetero) is 1. The van der Waals surface area contributed by atoms with E-state index in [-0.39, 0.29) is 5.78 Å². The van der Waals surface area contributed by atoms with E-state index in [0.717, 1.165) is 0 Å². The molecule has 1 aromatic carbocycles. The number of ketones is 1. The number of halogens is 1. The molecule has 0 amide bonds. The van der Waals surface area contributed by atoms with Gasteiger partial charge in [0.1, 0.15) is 14.2 Å². The number of oxime groups is 2. The number of nitrogens with zero attached hydrogens (tertiary/aromatic N) is 2. The van der Waals surface area contributed by atoms with Gasteiger partial charge in [0.15, 0.2) is 5.78 Å². The molecule has 96 valence electrons. The maximum atomic E-state index is 12.1. The summed E-state index contributed by atoms with van der Waals surface area (Å²) in [5.74, 6) is -0.820. The van der Waals surface area contributed by atoms with E-state index in [2.05, 4.69) is 20.0 Å². The lowest BCUT2D eigenvalue weighted by atomic mass is 10.00. The van der Waals surface area contributed by atoms with E-state index < -0.39 is 5.92 Å². The molecule has 0 fully saturated rings. The van der Waals surface area contributed by atoms with Gasteiger partial charge in [-0.2, -0.15) is 0 Å². The summed E-state index contributed by atoms with van der Waals surface area (Å²) < 4.78 is 0. The highest BCUT2D eigenvalue weighted by Crippen LogP contribution is 2.12. The van der Waals surface area contributed by atoms with Gasteiger partial charge in [0.2, 0.25) is 0 Å². The number of carbonyl (C=O) groups is 1. The first kappa shape index (κ1) is 14.2. The van der Waals surface area contributed by atoms with Gasteiger partial charge in [-0.25, -0.2) is 0 Å². The fourth-order valence-corrected chi connectivity index (χ4v) is 1.36. The molecule has 18 heavy (non-hydrogen) atoms. The van der Waals surface area contributed by atoms with Crippen LogP contribution in [0.25, 0.3) is 0 Å². The van der Waals surface area contributed by atoms with Crippen molar-refractivity contribution >= 4 is 29.8 Å². The molecule has 0 aliphatic rings. The molecule has 0 aromatic heterocycles. The highest BCUT2D eigenvalue weighted by Gasteiger charge is 2.16. The predicted octanol–water partition coefficient (Wildman–Crippen LogP) is 2.40. The van der Waals surface area contributed by atoms with Crippen molar-refractivity contribution in [3.8, 4) is 0 Å². The zero-order chi connectivity index (χ0) is 13.4. The van der Waals surface area contributed by atoms with Crippen LogP contribution in [0.1, 0.15) is 10.4 Å². The second-order valence-electron chi connectivity index (χ2n) is 3.27. The lowest BCUT2D eigenvalue weighted by Crippen LogP contribution is -2.18. The van der Waals surface area contributed by atoms with Crippen molar-refractivity contribution in [2.75, 3.05) is 14.2 Å². The fraction of sp³-hybridized carbons (Fsp3) is 0.250. The van der Waals surface area contributed by atoms with Crippen LogP contribution in [0.4, 0.5) is 0 Å². The van der Waals surface area contributed by atoms with E-state index in [1.807, 2.05) is 0 Å². The zero-order valence-electron chi connectivity index (χ0n) is 10.0. The van der Waals surface area contributed by atoms with Crippen LogP contribution < -0.4 is 0 Å². The van der Waals surface area contributed by atoms with Crippen LogP contribution >= 0.6 is 11.6 Å². The Kier molecular flexibility index (Phi) is 5.87. The average Bonchev–Trinajstić information content (AvgIpc) is 2.39. The Morgan fingerprint density at radius 3 is 2.11 bits per heavy atom. The number of carbonyl (C=O) groups excluding carboxylic acids is 1. The topological polar surface area (TPSA) is 60.3 Å². The first-order valence-corrected chi connectivity index (χ1v) is 5.50. The fourth-order valence-electron chi connectivity index (χ4n) is 1.23. The molecule has 5 nitrogen and oxygen atoms in total. The summed E-state index contributed by atoms with van der Waals surface area (Å²) in [5, 5.41) is 7.71. The quantitative estimate of drug-likeness (QED) is 0.452. The van der Waals surface area contributed by atoms with Crippen molar-refractivity contribution in [3.05, 3.63) is 34.9 Å². The molecule has 0 aliphatic heterocycles. The Balaban J connectivity index is 2.90. The van der Waals surface area contributed by atoms with Crippen molar-refractivity contribution in [1.29, 1.82) is 0 Å². The van der Waals surface area contributed by atoms with E-state index in [9.17, 15) is 4.79 Å². The molecule has 1 atom stereocenters. The Labute approximate surface area is 110 Å². The average molecular weight is 269 g/mol. The molecule has 1 rings (SSSR count). The molecule has 6 heteroatoms. The third-order valence-electron chi connectivity index (χ3n) is 2.09. The molecular weight excluding hydrogens is 256 g/mol. The van der Waals surface area contributed by atoms with Crippen LogP contribution in [0.2, 0.25) is 5.02 Å². The van der Waals surface area contributed by atoms with Crippen LogP contribution in [-0.2, 0) is 9.68 Å². The molecule has 0 N–H and O–H groups in total. The Bertz CT molecular complexity index is 429. The van der Waals surface area contributed by atoms with Crippen molar-refractivity contribution in [2.24, 2.45) is 16.2 Å². The number of benzene rings is 1. The van der Waals surface area contributed by atoms with Gasteiger partial charge in [-0.05, 0) is 24.3 Å². The Morgan fingerprint density at radius 1 is 1.17 bits per heavy atom. The van der Waals surface area contributed by atoms with Crippen LogP contribution in [0, 0.1) is 5.92 Å². The second kappa shape index (κ2) is 7.45. The normalized spacial score (nSPS) is 12.8. The zero-order valence-corrected chi connectivity index (χ0v) is 10.8. The molecule has 1 unspecified atom stereocenters. The number of rotatable bonds is 6. The molecule has 0 saturated carbocycles. The van der Waals surface area contributed by atoms with Gasteiger partial charge in [0.05, 0.1) is 18.3 Å². The van der Waals surface area contributed by atoms with E-state index in [4.69, 9.17) is 11.6 Å². The summed E-state index contributed by atoms with van der Waals surface area (Å²) in [5.41, 5.74) is 0.509. The minimum absolute atomic E-state index is 0.173. The Morgan fingerprint density at radius 2 is 1.67 bits per heavy atom. The highest BCUT2D eigenvalue weighted by atomic mass is 35.5. The summed E-state index contributed by atoms with van der Waals surface area (Å²) in [7, 11) is 2.79. The third kappa shape index (κ3) is 4.18. The van der Waals surface area contributed by atoms with Crippen molar-refractivity contribution in [1.82, 2.24) is 0 Å². The van der Waals surface area contributed by atoms with E-state index in [1.165, 1.54) is 26.6 Å². The van der Waals surface area contributed by atoms with Gasteiger partial charge in [0.25, 0.3) is 0 Å². The Hall–Kier alpha value is -1.88. The molecular formula is C12H13ClN2O3. The van der Waals surface area contributed by atoms with Gasteiger partial charge in [0, 0.05) is 10.6 Å². The highest BCUT2D eigenvalue weighted by molar-refractivity contribution is 6.30. The standard InChI is InChI=1S/C12H13ClN2O3/c1-17-14-7-10(8-15-18-2)12(16)9-3-5-11(13)6-4-9/h3-8,10H,1-2H3/b14-7-,15-8?. The van der Waals surface area contributed by atoms with Gasteiger partial charge in [-0.3, -0.25) is 4.79 Å².